The van der Waals surface area contributed by atoms with Gasteiger partial charge >= 0.3 is 0 Å². The van der Waals surface area contributed by atoms with Gasteiger partial charge in [0.25, 0.3) is 0 Å². The van der Waals surface area contributed by atoms with Gasteiger partial charge in [0, 0.05) is 24.0 Å². The lowest BCUT2D eigenvalue weighted by atomic mass is 9.89. The van der Waals surface area contributed by atoms with Crippen LogP contribution in [0.15, 0.2) is 18.2 Å². The Morgan fingerprint density at radius 1 is 1.32 bits per heavy atom. The quantitative estimate of drug-likeness (QED) is 0.928. The zero-order chi connectivity index (χ0) is 15.7. The summed E-state index contributed by atoms with van der Waals surface area (Å²) in [5, 5.41) is 3.25. The average Bonchev–Trinajstić information content (AvgIpc) is 2.99. The summed E-state index contributed by atoms with van der Waals surface area (Å²) < 4.78 is 11.3. The summed E-state index contributed by atoms with van der Waals surface area (Å²) in [5.74, 6) is 1.97. The molecule has 4 nitrogen and oxygen atoms in total. The molecule has 22 heavy (non-hydrogen) atoms. The van der Waals surface area contributed by atoms with E-state index in [1.165, 1.54) is 12.8 Å². The van der Waals surface area contributed by atoms with Gasteiger partial charge in [0.15, 0.2) is 0 Å². The third-order valence-corrected chi connectivity index (χ3v) is 4.72. The van der Waals surface area contributed by atoms with Crippen molar-refractivity contribution in [2.75, 3.05) is 7.11 Å². The van der Waals surface area contributed by atoms with E-state index in [1.54, 1.807) is 7.11 Å². The summed E-state index contributed by atoms with van der Waals surface area (Å²) in [5.41, 5.74) is 0.749. The molecule has 1 atom stereocenters. The van der Waals surface area contributed by atoms with E-state index in [0.717, 1.165) is 36.3 Å². The second kappa shape index (κ2) is 5.82. The molecule has 0 aromatic heterocycles. The number of rotatable bonds is 3. The molecule has 1 fully saturated rings. The van der Waals surface area contributed by atoms with Crippen molar-refractivity contribution >= 4 is 5.91 Å². The number of carbonyl (C=O) groups excluding carboxylic acids is 1. The number of benzene rings is 1. The molecule has 0 saturated heterocycles. The van der Waals surface area contributed by atoms with Gasteiger partial charge in [0.2, 0.25) is 5.91 Å². The standard InChI is InChI=1S/C18H25NO3/c1-18(2)11-15(19-17(20)12-6-4-5-7-12)14-9-8-13(21-3)10-16(14)22-18/h8-10,12,15H,4-7,11H2,1-3H3,(H,19,20)/t15-/m1/s1. The zero-order valence-electron chi connectivity index (χ0n) is 13.6. The summed E-state index contributed by atoms with van der Waals surface area (Å²) in [4.78, 5) is 12.5. The first-order chi connectivity index (χ1) is 10.5. The van der Waals surface area contributed by atoms with Crippen LogP contribution in [-0.2, 0) is 4.79 Å². The highest BCUT2D eigenvalue weighted by Gasteiger charge is 2.36. The largest absolute Gasteiger partial charge is 0.497 e. The fourth-order valence-corrected chi connectivity index (χ4v) is 3.57. The average molecular weight is 303 g/mol. The van der Waals surface area contributed by atoms with Crippen LogP contribution in [0.5, 0.6) is 11.5 Å². The van der Waals surface area contributed by atoms with E-state index < -0.39 is 0 Å². The zero-order valence-corrected chi connectivity index (χ0v) is 13.6. The van der Waals surface area contributed by atoms with Crippen molar-refractivity contribution in [3.63, 3.8) is 0 Å². The number of hydrogen-bond acceptors (Lipinski definition) is 3. The van der Waals surface area contributed by atoms with Crippen LogP contribution in [0.3, 0.4) is 0 Å². The Morgan fingerprint density at radius 3 is 2.73 bits per heavy atom. The van der Waals surface area contributed by atoms with Gasteiger partial charge in [-0.3, -0.25) is 4.79 Å². The highest BCUT2D eigenvalue weighted by atomic mass is 16.5. The van der Waals surface area contributed by atoms with Gasteiger partial charge in [0.05, 0.1) is 13.2 Å². The molecule has 0 unspecified atom stereocenters. The minimum Gasteiger partial charge on any atom is -0.497 e. The van der Waals surface area contributed by atoms with Crippen LogP contribution < -0.4 is 14.8 Å². The maximum Gasteiger partial charge on any atom is 0.223 e. The molecule has 3 rings (SSSR count). The first-order valence-corrected chi connectivity index (χ1v) is 8.16. The minimum atomic E-state index is -0.299. The molecule has 1 N–H and O–H groups in total. The fourth-order valence-electron chi connectivity index (χ4n) is 3.57. The molecular weight excluding hydrogens is 278 g/mol. The lowest BCUT2D eigenvalue weighted by Crippen LogP contribution is -2.42. The molecule has 1 aliphatic carbocycles. The summed E-state index contributed by atoms with van der Waals surface area (Å²) >= 11 is 0. The maximum absolute atomic E-state index is 12.5. The van der Waals surface area contributed by atoms with Gasteiger partial charge in [-0.2, -0.15) is 0 Å². The van der Waals surface area contributed by atoms with E-state index in [2.05, 4.69) is 19.2 Å². The molecule has 0 spiro atoms. The van der Waals surface area contributed by atoms with Crippen molar-refractivity contribution in [2.45, 2.75) is 57.6 Å². The smallest absolute Gasteiger partial charge is 0.223 e. The second-order valence-electron chi connectivity index (χ2n) is 7.01. The molecule has 1 heterocycles. The number of hydrogen-bond donors (Lipinski definition) is 1. The number of fused-ring (bicyclic) bond motifs is 1. The Balaban J connectivity index is 1.83. The molecule has 2 aliphatic rings. The van der Waals surface area contributed by atoms with E-state index in [1.807, 2.05) is 18.2 Å². The normalized spacial score (nSPS) is 23.5. The van der Waals surface area contributed by atoms with Crippen LogP contribution in [-0.4, -0.2) is 18.6 Å². The van der Waals surface area contributed by atoms with Crippen molar-refractivity contribution < 1.29 is 14.3 Å². The van der Waals surface area contributed by atoms with Gasteiger partial charge in [0.1, 0.15) is 17.1 Å². The molecule has 4 heteroatoms. The number of ether oxygens (including phenoxy) is 2. The first-order valence-electron chi connectivity index (χ1n) is 8.16. The van der Waals surface area contributed by atoms with Crippen molar-refractivity contribution in [3.05, 3.63) is 23.8 Å². The monoisotopic (exact) mass is 303 g/mol. The van der Waals surface area contributed by atoms with Crippen LogP contribution in [0.2, 0.25) is 0 Å². The van der Waals surface area contributed by atoms with Gasteiger partial charge < -0.3 is 14.8 Å². The van der Waals surface area contributed by atoms with Gasteiger partial charge in [-0.1, -0.05) is 12.8 Å². The summed E-state index contributed by atoms with van der Waals surface area (Å²) in [6.45, 7) is 4.12. The topological polar surface area (TPSA) is 47.6 Å². The molecule has 1 amide bonds. The number of amides is 1. The molecular formula is C18H25NO3. The number of carbonyl (C=O) groups is 1. The van der Waals surface area contributed by atoms with Crippen LogP contribution in [0.1, 0.15) is 57.6 Å². The summed E-state index contributed by atoms with van der Waals surface area (Å²) in [6, 6.07) is 5.85. The molecule has 0 radical (unpaired) electrons. The van der Waals surface area contributed by atoms with Crippen molar-refractivity contribution in [3.8, 4) is 11.5 Å². The Kier molecular flexibility index (Phi) is 4.02. The lowest BCUT2D eigenvalue weighted by Gasteiger charge is -2.38. The van der Waals surface area contributed by atoms with Gasteiger partial charge in [-0.25, -0.2) is 0 Å². The fraction of sp³-hybridized carbons (Fsp3) is 0.611. The molecule has 0 bridgehead atoms. The van der Waals surface area contributed by atoms with Gasteiger partial charge in [-0.05, 0) is 38.8 Å². The number of methoxy groups -OCH3 is 1. The predicted molar refractivity (Wildman–Crippen MR) is 85.2 cm³/mol. The summed E-state index contributed by atoms with van der Waals surface area (Å²) in [7, 11) is 1.65. The van der Waals surface area contributed by atoms with Crippen LogP contribution in [0, 0.1) is 5.92 Å². The Bertz CT molecular complexity index is 561. The second-order valence-corrected chi connectivity index (χ2v) is 7.01. The van der Waals surface area contributed by atoms with E-state index in [0.29, 0.717) is 0 Å². The highest BCUT2D eigenvalue weighted by Crippen LogP contribution is 2.41. The molecule has 1 aromatic rings. The summed E-state index contributed by atoms with van der Waals surface area (Å²) in [6.07, 6.45) is 5.17. The van der Waals surface area contributed by atoms with Gasteiger partial charge in [-0.15, -0.1) is 0 Å². The van der Waals surface area contributed by atoms with Crippen LogP contribution >= 0.6 is 0 Å². The van der Waals surface area contributed by atoms with Crippen LogP contribution in [0.4, 0.5) is 0 Å². The van der Waals surface area contributed by atoms with E-state index >= 15 is 0 Å². The molecule has 120 valence electrons. The lowest BCUT2D eigenvalue weighted by molar-refractivity contribution is -0.126. The Labute approximate surface area is 132 Å². The maximum atomic E-state index is 12.5. The van der Waals surface area contributed by atoms with E-state index in [-0.39, 0.29) is 23.5 Å². The van der Waals surface area contributed by atoms with Crippen molar-refractivity contribution in [1.29, 1.82) is 0 Å². The third-order valence-electron chi connectivity index (χ3n) is 4.72. The molecule has 1 aromatic carbocycles. The number of nitrogens with one attached hydrogen (secondary N) is 1. The Hall–Kier alpha value is -1.71. The third kappa shape index (κ3) is 3.06. The van der Waals surface area contributed by atoms with Crippen LogP contribution in [0.25, 0.3) is 0 Å². The minimum absolute atomic E-state index is 0.0118. The molecule has 1 saturated carbocycles. The highest BCUT2D eigenvalue weighted by molar-refractivity contribution is 5.79. The first kappa shape index (κ1) is 15.2. The predicted octanol–water partition coefficient (Wildman–Crippen LogP) is 3.60. The Morgan fingerprint density at radius 2 is 2.05 bits per heavy atom. The SMILES string of the molecule is COc1ccc2c(c1)OC(C)(C)C[C@H]2NC(=O)C1CCCC1. The van der Waals surface area contributed by atoms with E-state index in [9.17, 15) is 4.79 Å². The molecule has 1 aliphatic heterocycles. The van der Waals surface area contributed by atoms with Crippen molar-refractivity contribution in [1.82, 2.24) is 5.32 Å². The van der Waals surface area contributed by atoms with Crippen molar-refractivity contribution in [2.24, 2.45) is 5.92 Å². The van der Waals surface area contributed by atoms with E-state index in [4.69, 9.17) is 9.47 Å².